The molecule has 1 aliphatic rings. The maximum absolute atomic E-state index is 5.74. The lowest BCUT2D eigenvalue weighted by Crippen LogP contribution is -2.42. The monoisotopic (exact) mass is 253 g/mol. The van der Waals surface area contributed by atoms with Gasteiger partial charge in [-0.25, -0.2) is 0 Å². The quantitative estimate of drug-likeness (QED) is 0.866. The Morgan fingerprint density at radius 1 is 1.47 bits per heavy atom. The number of thiophene rings is 1. The molecule has 1 fully saturated rings. The first-order valence-corrected chi connectivity index (χ1v) is 7.21. The van der Waals surface area contributed by atoms with Gasteiger partial charge >= 0.3 is 0 Å². The molecule has 2 rings (SSSR count). The molecule has 1 aliphatic carbocycles. The van der Waals surface area contributed by atoms with Crippen LogP contribution in [0.2, 0.25) is 0 Å². The number of hydrogen-bond donors (Lipinski definition) is 1. The Labute approximate surface area is 108 Å². The van der Waals surface area contributed by atoms with Crippen LogP contribution in [-0.2, 0) is 4.74 Å². The van der Waals surface area contributed by atoms with Gasteiger partial charge in [-0.05, 0) is 58.2 Å². The summed E-state index contributed by atoms with van der Waals surface area (Å²) in [5, 5.41) is 3.46. The van der Waals surface area contributed by atoms with Gasteiger partial charge in [0.2, 0.25) is 0 Å². The van der Waals surface area contributed by atoms with Crippen LogP contribution in [0.25, 0.3) is 0 Å². The first kappa shape index (κ1) is 13.1. The van der Waals surface area contributed by atoms with Gasteiger partial charge in [0, 0.05) is 22.9 Å². The Morgan fingerprint density at radius 3 is 2.53 bits per heavy atom. The summed E-state index contributed by atoms with van der Waals surface area (Å²) >= 11 is 1.91. The number of aryl methyl sites for hydroxylation is 2. The molecule has 2 nitrogen and oxygen atoms in total. The summed E-state index contributed by atoms with van der Waals surface area (Å²) < 4.78 is 5.74. The van der Waals surface area contributed by atoms with Gasteiger partial charge in [-0.2, -0.15) is 0 Å². The summed E-state index contributed by atoms with van der Waals surface area (Å²) in [6, 6.07) is 2.72. The van der Waals surface area contributed by atoms with E-state index in [1.54, 1.807) is 0 Å². The van der Waals surface area contributed by atoms with Crippen molar-refractivity contribution in [1.29, 1.82) is 0 Å². The van der Waals surface area contributed by atoms with Gasteiger partial charge in [0.05, 0.1) is 5.60 Å². The van der Waals surface area contributed by atoms with Crippen molar-refractivity contribution < 1.29 is 4.74 Å². The predicted molar refractivity (Wildman–Crippen MR) is 73.8 cm³/mol. The third-order valence-corrected chi connectivity index (χ3v) is 5.28. The fourth-order valence-electron chi connectivity index (χ4n) is 2.77. The molecule has 0 bridgehead atoms. The molecule has 1 heterocycles. The smallest absolute Gasteiger partial charge is 0.0697 e. The van der Waals surface area contributed by atoms with Crippen LogP contribution >= 0.6 is 11.3 Å². The van der Waals surface area contributed by atoms with Crippen LogP contribution in [0.5, 0.6) is 0 Å². The Bertz CT molecular complexity index is 376. The lowest BCUT2D eigenvalue weighted by molar-refractivity contribution is -0.0832. The zero-order chi connectivity index (χ0) is 12.5. The van der Waals surface area contributed by atoms with Crippen molar-refractivity contribution in [2.24, 2.45) is 0 Å². The highest BCUT2D eigenvalue weighted by atomic mass is 32.1. The number of ether oxygens (including phenoxy) is 1. The van der Waals surface area contributed by atoms with Gasteiger partial charge in [-0.3, -0.25) is 0 Å². The predicted octanol–water partition coefficient (Wildman–Crippen LogP) is 3.58. The molecule has 0 aliphatic heterocycles. The van der Waals surface area contributed by atoms with E-state index in [0.29, 0.717) is 6.04 Å². The second-order valence-corrected chi connectivity index (χ2v) is 6.48. The summed E-state index contributed by atoms with van der Waals surface area (Å²) in [6.07, 6.45) is 4.84. The minimum Gasteiger partial charge on any atom is -0.378 e. The maximum atomic E-state index is 5.74. The van der Waals surface area contributed by atoms with E-state index in [9.17, 15) is 0 Å². The minimum atomic E-state index is 0.137. The fourth-order valence-corrected chi connectivity index (χ4v) is 3.91. The van der Waals surface area contributed by atoms with Gasteiger partial charge in [0.15, 0.2) is 0 Å². The third-order valence-electron chi connectivity index (χ3n) is 4.02. The van der Waals surface area contributed by atoms with E-state index >= 15 is 0 Å². The van der Waals surface area contributed by atoms with E-state index in [4.69, 9.17) is 4.74 Å². The van der Waals surface area contributed by atoms with E-state index in [2.05, 4.69) is 32.3 Å². The second-order valence-electron chi connectivity index (χ2n) is 5.19. The van der Waals surface area contributed by atoms with Crippen LogP contribution in [0.4, 0.5) is 0 Å². The normalized spacial score (nSPS) is 20.0. The number of hydrogen-bond acceptors (Lipinski definition) is 3. The van der Waals surface area contributed by atoms with Gasteiger partial charge < -0.3 is 10.1 Å². The highest BCUT2D eigenvalue weighted by Crippen LogP contribution is 2.43. The summed E-state index contributed by atoms with van der Waals surface area (Å²) in [4.78, 5) is 2.88. The molecule has 0 amide bonds. The minimum absolute atomic E-state index is 0.137. The zero-order valence-corrected chi connectivity index (χ0v) is 12.1. The maximum Gasteiger partial charge on any atom is 0.0697 e. The summed E-state index contributed by atoms with van der Waals surface area (Å²) in [6.45, 7) is 4.40. The first-order chi connectivity index (χ1) is 8.10. The molecule has 1 aromatic rings. The van der Waals surface area contributed by atoms with Gasteiger partial charge in [-0.1, -0.05) is 0 Å². The lowest BCUT2D eigenvalue weighted by Gasteiger charge is -2.42. The average molecular weight is 253 g/mol. The van der Waals surface area contributed by atoms with Gasteiger partial charge in [0.1, 0.15) is 0 Å². The van der Waals surface area contributed by atoms with Crippen LogP contribution in [-0.4, -0.2) is 19.8 Å². The second kappa shape index (κ2) is 5.09. The van der Waals surface area contributed by atoms with Crippen LogP contribution in [0, 0.1) is 13.8 Å². The molecular weight excluding hydrogens is 230 g/mol. The fraction of sp³-hybridized carbons (Fsp3) is 0.714. The van der Waals surface area contributed by atoms with Crippen molar-refractivity contribution in [2.45, 2.75) is 51.2 Å². The molecule has 0 aromatic carbocycles. The highest BCUT2D eigenvalue weighted by molar-refractivity contribution is 7.12. The lowest BCUT2D eigenvalue weighted by atomic mass is 9.75. The Hall–Kier alpha value is -0.380. The summed E-state index contributed by atoms with van der Waals surface area (Å²) in [5.74, 6) is 0. The summed E-state index contributed by atoms with van der Waals surface area (Å²) in [5.41, 5.74) is 1.55. The van der Waals surface area contributed by atoms with E-state index in [0.717, 1.165) is 6.42 Å². The molecule has 0 radical (unpaired) electrons. The molecule has 1 N–H and O–H groups in total. The van der Waals surface area contributed by atoms with E-state index in [-0.39, 0.29) is 5.60 Å². The van der Waals surface area contributed by atoms with Crippen molar-refractivity contribution in [1.82, 2.24) is 5.32 Å². The summed E-state index contributed by atoms with van der Waals surface area (Å²) in [7, 11) is 3.92. The van der Waals surface area contributed by atoms with Crippen LogP contribution < -0.4 is 5.32 Å². The number of rotatable bonds is 5. The number of nitrogens with one attached hydrogen (secondary N) is 1. The molecule has 1 unspecified atom stereocenters. The Kier molecular flexibility index (Phi) is 3.91. The average Bonchev–Trinajstić information content (AvgIpc) is 2.58. The van der Waals surface area contributed by atoms with E-state index in [1.165, 1.54) is 34.6 Å². The van der Waals surface area contributed by atoms with Crippen LogP contribution in [0.15, 0.2) is 6.07 Å². The highest BCUT2D eigenvalue weighted by Gasteiger charge is 2.39. The number of methoxy groups -OCH3 is 1. The van der Waals surface area contributed by atoms with Crippen molar-refractivity contribution in [3.8, 4) is 0 Å². The van der Waals surface area contributed by atoms with E-state index in [1.807, 2.05) is 18.4 Å². The molecule has 1 atom stereocenters. The molecular formula is C14H23NOS. The molecule has 1 aromatic heterocycles. The van der Waals surface area contributed by atoms with Gasteiger partial charge in [0.25, 0.3) is 0 Å². The topological polar surface area (TPSA) is 21.3 Å². The Morgan fingerprint density at radius 2 is 2.18 bits per heavy atom. The SMILES string of the molecule is CNC(CC1(OC)CCC1)c1sc(C)cc1C. The zero-order valence-electron chi connectivity index (χ0n) is 11.3. The van der Waals surface area contributed by atoms with Crippen molar-refractivity contribution in [3.63, 3.8) is 0 Å². The Balaban J connectivity index is 2.13. The largest absolute Gasteiger partial charge is 0.378 e. The van der Waals surface area contributed by atoms with Crippen molar-refractivity contribution in [3.05, 3.63) is 21.4 Å². The van der Waals surface area contributed by atoms with Crippen molar-refractivity contribution in [2.75, 3.05) is 14.2 Å². The third kappa shape index (κ3) is 2.56. The standard InChI is InChI=1S/C14H23NOS/c1-10-8-11(2)17-13(10)12(15-3)9-14(16-4)6-5-7-14/h8,12,15H,5-7,9H2,1-4H3. The molecule has 17 heavy (non-hydrogen) atoms. The molecule has 96 valence electrons. The molecule has 1 saturated carbocycles. The van der Waals surface area contributed by atoms with E-state index < -0.39 is 0 Å². The van der Waals surface area contributed by atoms with Gasteiger partial charge in [-0.15, -0.1) is 11.3 Å². The van der Waals surface area contributed by atoms with Crippen LogP contribution in [0.1, 0.15) is 47.0 Å². The van der Waals surface area contributed by atoms with Crippen molar-refractivity contribution >= 4 is 11.3 Å². The molecule has 0 saturated heterocycles. The molecule has 0 spiro atoms. The first-order valence-electron chi connectivity index (χ1n) is 6.39. The molecule has 3 heteroatoms. The van der Waals surface area contributed by atoms with Crippen LogP contribution in [0.3, 0.4) is 0 Å².